The van der Waals surface area contributed by atoms with Crippen LogP contribution in [0.3, 0.4) is 0 Å². The van der Waals surface area contributed by atoms with Crippen molar-refractivity contribution in [2.75, 3.05) is 4.90 Å². The minimum Gasteiger partial charge on any atom is -0.475 e. The van der Waals surface area contributed by atoms with E-state index in [0.717, 1.165) is 25.0 Å². The van der Waals surface area contributed by atoms with Gasteiger partial charge in [-0.3, -0.25) is 0 Å². The van der Waals surface area contributed by atoms with Gasteiger partial charge in [0, 0.05) is 36.4 Å². The van der Waals surface area contributed by atoms with Crippen LogP contribution in [0.25, 0.3) is 0 Å². The van der Waals surface area contributed by atoms with E-state index in [0.29, 0.717) is 30.2 Å². The molecule has 51 heavy (non-hydrogen) atoms. The molecule has 2 amide bonds. The van der Waals surface area contributed by atoms with Crippen LogP contribution in [-0.2, 0) is 19.4 Å². The molecule has 2 aromatic rings. The fourth-order valence-electron chi connectivity index (χ4n) is 5.72. The molecule has 4 atom stereocenters. The third-order valence-corrected chi connectivity index (χ3v) is 13.8. The largest absolute Gasteiger partial charge is 0.475 e. The Balaban J connectivity index is 1.89. The highest BCUT2D eigenvalue weighted by atomic mass is 28.4. The van der Waals surface area contributed by atoms with E-state index in [9.17, 15) is 9.59 Å². The predicted molar refractivity (Wildman–Crippen MR) is 207 cm³/mol. The Kier molecular flexibility index (Phi) is 13.1. The first-order chi connectivity index (χ1) is 23.1. The van der Waals surface area contributed by atoms with Gasteiger partial charge in [-0.15, -0.1) is 0 Å². The number of nitrogens with one attached hydrogen (secondary N) is 1. The van der Waals surface area contributed by atoms with Crippen molar-refractivity contribution >= 4 is 32.0 Å². The maximum Gasteiger partial charge on any atom is 0.420 e. The maximum absolute atomic E-state index is 14.1. The Morgan fingerprint density at radius 2 is 1.57 bits per heavy atom. The Labute approximate surface area is 308 Å². The Morgan fingerprint density at radius 1 is 0.941 bits per heavy atom. The van der Waals surface area contributed by atoms with Crippen molar-refractivity contribution in [2.45, 2.75) is 188 Å². The molecule has 0 saturated heterocycles. The number of aromatic nitrogens is 3. The van der Waals surface area contributed by atoms with Gasteiger partial charge in [0.1, 0.15) is 17.0 Å². The minimum atomic E-state index is -1.91. The second-order valence-corrected chi connectivity index (χ2v) is 23.5. The van der Waals surface area contributed by atoms with E-state index >= 15 is 0 Å². The van der Waals surface area contributed by atoms with E-state index in [4.69, 9.17) is 23.7 Å². The van der Waals surface area contributed by atoms with Crippen LogP contribution in [0.15, 0.2) is 24.4 Å². The lowest BCUT2D eigenvalue weighted by Gasteiger charge is -2.38. The van der Waals surface area contributed by atoms with E-state index in [2.05, 4.69) is 64.9 Å². The van der Waals surface area contributed by atoms with Crippen molar-refractivity contribution in [2.24, 2.45) is 0 Å². The van der Waals surface area contributed by atoms with Gasteiger partial charge in [-0.05, 0) is 132 Å². The quantitative estimate of drug-likeness (QED) is 0.227. The van der Waals surface area contributed by atoms with Gasteiger partial charge in [-0.25, -0.2) is 24.2 Å². The number of hydrogen-bond acceptors (Lipinski definition) is 8. The highest BCUT2D eigenvalue weighted by Gasteiger charge is 2.42. The molecule has 1 aliphatic carbocycles. The van der Waals surface area contributed by atoms with Crippen LogP contribution in [0.4, 0.5) is 21.1 Å². The van der Waals surface area contributed by atoms with Gasteiger partial charge < -0.3 is 24.0 Å². The molecule has 0 spiro atoms. The molecule has 0 aromatic carbocycles. The van der Waals surface area contributed by atoms with Crippen LogP contribution < -0.4 is 15.0 Å². The summed E-state index contributed by atoms with van der Waals surface area (Å²) >= 11 is 0. The van der Waals surface area contributed by atoms with E-state index in [1.165, 1.54) is 0 Å². The summed E-state index contributed by atoms with van der Waals surface area (Å²) in [5, 5.41) is 8.18. The number of hydrogen-bond donors (Lipinski definition) is 1. The van der Waals surface area contributed by atoms with Gasteiger partial charge in [-0.2, -0.15) is 5.10 Å². The lowest BCUT2D eigenvalue weighted by Crippen LogP contribution is -2.43. The van der Waals surface area contributed by atoms with Gasteiger partial charge in [0.05, 0.1) is 23.0 Å². The van der Waals surface area contributed by atoms with E-state index in [1.54, 1.807) is 23.2 Å². The van der Waals surface area contributed by atoms with E-state index < -0.39 is 37.2 Å². The number of amides is 2. The first kappa shape index (κ1) is 42.3. The zero-order chi connectivity index (χ0) is 38.7. The zero-order valence-electron chi connectivity index (χ0n) is 34.4. The third kappa shape index (κ3) is 12.5. The van der Waals surface area contributed by atoms with Crippen molar-refractivity contribution in [3.63, 3.8) is 0 Å². The Hall–Kier alpha value is -3.12. The molecule has 0 unspecified atom stereocenters. The summed E-state index contributed by atoms with van der Waals surface area (Å²) in [5.74, 6) is 1.21. The average molecular weight is 730 g/mol. The third-order valence-electron chi connectivity index (χ3n) is 9.29. The molecule has 12 heteroatoms. The van der Waals surface area contributed by atoms with Crippen molar-refractivity contribution in [3.05, 3.63) is 30.1 Å². The lowest BCUT2D eigenvalue weighted by atomic mass is 10.0. The van der Waals surface area contributed by atoms with Gasteiger partial charge in [0.25, 0.3) is 0 Å². The van der Waals surface area contributed by atoms with Crippen molar-refractivity contribution in [3.8, 4) is 5.88 Å². The number of rotatable bonds is 11. The van der Waals surface area contributed by atoms with E-state index in [-0.39, 0.29) is 29.2 Å². The molecule has 2 heterocycles. The maximum atomic E-state index is 14.1. The summed E-state index contributed by atoms with van der Waals surface area (Å²) in [6.07, 6.45) is 4.88. The average Bonchev–Trinajstić information content (AvgIpc) is 3.57. The summed E-state index contributed by atoms with van der Waals surface area (Å²) in [6.45, 7) is 32.7. The highest BCUT2D eigenvalue weighted by molar-refractivity contribution is 6.74. The fourth-order valence-corrected chi connectivity index (χ4v) is 7.12. The number of alkyl carbamates (subject to hydrolysis) is 1. The summed E-state index contributed by atoms with van der Waals surface area (Å²) < 4.78 is 26.4. The van der Waals surface area contributed by atoms with Gasteiger partial charge in [0.2, 0.25) is 5.88 Å². The molecule has 3 rings (SSSR count). The minimum absolute atomic E-state index is 0.103. The second kappa shape index (κ2) is 15.9. The van der Waals surface area contributed by atoms with Crippen molar-refractivity contribution in [1.82, 2.24) is 20.1 Å². The standard InChI is InChI=1S/C39H67N5O6Si/c1-26(41-34(45)48-37(6,7)8)17-18-27(2)47-32-24-29(21-22-40-32)43(35(46)49-38(9,10)11)33-25-31(42-44(33)36(3,4)5)28-19-20-30(23-28)50-51(15,16)39(12,13)14/h21-22,24-28,30H,17-20,23H2,1-16H3,(H,41,45)/t26-,27+,28+,30-/m1/s1. The molecule has 11 nitrogen and oxygen atoms in total. The molecule has 1 N–H and O–H groups in total. The smallest absolute Gasteiger partial charge is 0.420 e. The molecule has 1 saturated carbocycles. The summed E-state index contributed by atoms with van der Waals surface area (Å²) in [7, 11) is -1.91. The number of anilines is 2. The normalized spacial score (nSPS) is 18.6. The molecule has 1 fully saturated rings. The summed E-state index contributed by atoms with van der Waals surface area (Å²) in [4.78, 5) is 32.4. The topological polar surface area (TPSA) is 117 Å². The van der Waals surface area contributed by atoms with Crippen molar-refractivity contribution < 1.29 is 28.2 Å². The Morgan fingerprint density at radius 3 is 2.14 bits per heavy atom. The van der Waals surface area contributed by atoms with Crippen LogP contribution in [-0.4, -0.2) is 64.7 Å². The molecule has 0 aliphatic heterocycles. The van der Waals surface area contributed by atoms with Crippen LogP contribution in [0.1, 0.15) is 141 Å². The monoisotopic (exact) mass is 729 g/mol. The first-order valence-electron chi connectivity index (χ1n) is 18.6. The summed E-state index contributed by atoms with van der Waals surface area (Å²) in [5.41, 5.74) is -0.217. The van der Waals surface area contributed by atoms with Crippen LogP contribution in [0, 0.1) is 0 Å². The zero-order valence-corrected chi connectivity index (χ0v) is 35.4. The van der Waals surface area contributed by atoms with Crippen LogP contribution in [0.5, 0.6) is 5.88 Å². The number of pyridine rings is 1. The second-order valence-electron chi connectivity index (χ2n) is 18.7. The highest BCUT2D eigenvalue weighted by Crippen LogP contribution is 2.44. The molecule has 0 radical (unpaired) electrons. The molecule has 0 bridgehead atoms. The number of carbonyl (C=O) groups is 2. The number of ether oxygens (including phenoxy) is 3. The van der Waals surface area contributed by atoms with Gasteiger partial charge in [0.15, 0.2) is 8.32 Å². The molecule has 288 valence electrons. The lowest BCUT2D eigenvalue weighted by molar-refractivity contribution is 0.0500. The molecule has 1 aliphatic rings. The summed E-state index contributed by atoms with van der Waals surface area (Å²) in [6, 6.07) is 5.48. The number of carbonyl (C=O) groups excluding carboxylic acids is 2. The van der Waals surface area contributed by atoms with Gasteiger partial charge in [-0.1, -0.05) is 20.8 Å². The number of nitrogens with zero attached hydrogens (tertiary/aromatic N) is 4. The molecular weight excluding hydrogens is 663 g/mol. The van der Waals surface area contributed by atoms with Crippen LogP contribution in [0.2, 0.25) is 18.1 Å². The van der Waals surface area contributed by atoms with Crippen LogP contribution >= 0.6 is 0 Å². The predicted octanol–water partition coefficient (Wildman–Crippen LogP) is 10.2. The van der Waals surface area contributed by atoms with Crippen molar-refractivity contribution in [1.29, 1.82) is 0 Å². The molecule has 2 aromatic heterocycles. The van der Waals surface area contributed by atoms with E-state index in [1.807, 2.05) is 66.1 Å². The fraction of sp³-hybridized carbons (Fsp3) is 0.744. The molecular formula is C39H67N5O6Si. The Bertz CT molecular complexity index is 1480. The van der Waals surface area contributed by atoms with Gasteiger partial charge >= 0.3 is 12.2 Å². The first-order valence-corrected chi connectivity index (χ1v) is 21.5. The SMILES string of the molecule is C[C@H](CC[C@H](C)Oc1cc(N(C(=O)OC(C)(C)C)c2cc([C@H]3CC[C@@H](O[Si](C)(C)C(C)(C)C)C3)nn2C(C)(C)C)ccn1)NC(=O)OC(C)(C)C.